The number of hydrogen-bond acceptors (Lipinski definition) is 6. The SMILES string of the molecule is COc1ccc(CNc2nccc3c2c(Br)nn3C2CCOCC2)c(OC)c1. The monoisotopic (exact) mass is 446 g/mol. The summed E-state index contributed by atoms with van der Waals surface area (Å²) in [6.45, 7) is 2.13. The standard InChI is InChI=1S/C20H23BrN4O3/c1-26-15-4-3-13(17(11-15)27-2)12-23-20-18-16(5-8-22-20)25(24-19(18)21)14-6-9-28-10-7-14/h3-5,8,11,14H,6-7,9-10,12H2,1-2H3,(H,22,23). The predicted octanol–water partition coefficient (Wildman–Crippen LogP) is 4.17. The van der Waals surface area contributed by atoms with Crippen LogP contribution in [0.3, 0.4) is 0 Å². The lowest BCUT2D eigenvalue weighted by Crippen LogP contribution is -2.20. The fourth-order valence-corrected chi connectivity index (χ4v) is 4.13. The molecule has 0 amide bonds. The van der Waals surface area contributed by atoms with Crippen molar-refractivity contribution < 1.29 is 14.2 Å². The van der Waals surface area contributed by atoms with Gasteiger partial charge in [-0.25, -0.2) is 4.98 Å². The zero-order chi connectivity index (χ0) is 19.5. The molecule has 3 aromatic rings. The second kappa shape index (κ2) is 8.36. The first-order chi connectivity index (χ1) is 13.7. The zero-order valence-electron chi connectivity index (χ0n) is 15.9. The van der Waals surface area contributed by atoms with E-state index >= 15 is 0 Å². The van der Waals surface area contributed by atoms with E-state index in [1.165, 1.54) is 0 Å². The third-order valence-corrected chi connectivity index (χ3v) is 5.61. The summed E-state index contributed by atoms with van der Waals surface area (Å²) in [5.41, 5.74) is 2.09. The fourth-order valence-electron chi connectivity index (χ4n) is 3.56. The van der Waals surface area contributed by atoms with Crippen LogP contribution in [0.5, 0.6) is 11.5 Å². The van der Waals surface area contributed by atoms with Crippen LogP contribution in [0, 0.1) is 0 Å². The van der Waals surface area contributed by atoms with E-state index in [1.807, 2.05) is 30.5 Å². The van der Waals surface area contributed by atoms with Gasteiger partial charge in [-0.15, -0.1) is 0 Å². The number of nitrogens with one attached hydrogen (secondary N) is 1. The van der Waals surface area contributed by atoms with Crippen molar-refractivity contribution in [2.24, 2.45) is 0 Å². The second-order valence-corrected chi connectivity index (χ2v) is 7.42. The van der Waals surface area contributed by atoms with Crippen LogP contribution in [0.4, 0.5) is 5.82 Å². The minimum Gasteiger partial charge on any atom is -0.497 e. The number of benzene rings is 1. The average Bonchev–Trinajstić information content (AvgIpc) is 3.10. The van der Waals surface area contributed by atoms with Gasteiger partial charge in [0.05, 0.1) is 31.2 Å². The van der Waals surface area contributed by atoms with Crippen LogP contribution in [0.25, 0.3) is 10.9 Å². The number of anilines is 1. The summed E-state index contributed by atoms with van der Waals surface area (Å²) in [5, 5.41) is 9.16. The van der Waals surface area contributed by atoms with E-state index in [0.29, 0.717) is 12.6 Å². The fraction of sp³-hybridized carbons (Fsp3) is 0.400. The lowest BCUT2D eigenvalue weighted by Gasteiger charge is -2.23. The molecule has 28 heavy (non-hydrogen) atoms. The number of methoxy groups -OCH3 is 2. The number of halogens is 1. The number of rotatable bonds is 6. The van der Waals surface area contributed by atoms with Crippen molar-refractivity contribution in [1.29, 1.82) is 0 Å². The Labute approximate surface area is 172 Å². The molecule has 0 spiro atoms. The number of aromatic nitrogens is 3. The minimum absolute atomic E-state index is 0.347. The van der Waals surface area contributed by atoms with Crippen LogP contribution in [0.2, 0.25) is 0 Å². The maximum atomic E-state index is 5.49. The highest BCUT2D eigenvalue weighted by atomic mass is 79.9. The Morgan fingerprint density at radius 3 is 2.79 bits per heavy atom. The van der Waals surface area contributed by atoms with Crippen LogP contribution < -0.4 is 14.8 Å². The number of pyridine rings is 1. The van der Waals surface area contributed by atoms with Gasteiger partial charge in [0, 0.05) is 37.6 Å². The van der Waals surface area contributed by atoms with Gasteiger partial charge in [0.1, 0.15) is 21.9 Å². The van der Waals surface area contributed by atoms with Gasteiger partial charge in [0.15, 0.2) is 0 Å². The average molecular weight is 447 g/mol. The number of hydrogen-bond donors (Lipinski definition) is 1. The van der Waals surface area contributed by atoms with E-state index < -0.39 is 0 Å². The van der Waals surface area contributed by atoms with Gasteiger partial charge in [-0.1, -0.05) is 0 Å². The minimum atomic E-state index is 0.347. The third kappa shape index (κ3) is 3.66. The van der Waals surface area contributed by atoms with E-state index in [0.717, 1.165) is 64.4 Å². The molecule has 1 aliphatic rings. The zero-order valence-corrected chi connectivity index (χ0v) is 17.5. The number of ether oxygens (including phenoxy) is 3. The van der Waals surface area contributed by atoms with Crippen LogP contribution >= 0.6 is 15.9 Å². The number of fused-ring (bicyclic) bond motifs is 1. The number of nitrogens with zero attached hydrogens (tertiary/aromatic N) is 3. The van der Waals surface area contributed by atoms with Gasteiger partial charge >= 0.3 is 0 Å². The smallest absolute Gasteiger partial charge is 0.139 e. The Hall–Kier alpha value is -2.32. The van der Waals surface area contributed by atoms with Crippen molar-refractivity contribution >= 4 is 32.7 Å². The molecular formula is C20H23BrN4O3. The molecule has 2 aromatic heterocycles. The van der Waals surface area contributed by atoms with Crippen LogP contribution in [-0.4, -0.2) is 42.2 Å². The molecule has 4 rings (SSSR count). The molecule has 1 N–H and O–H groups in total. The summed E-state index contributed by atoms with van der Waals surface area (Å²) >= 11 is 3.62. The largest absolute Gasteiger partial charge is 0.497 e. The molecule has 1 aliphatic heterocycles. The molecule has 3 heterocycles. The highest BCUT2D eigenvalue weighted by Gasteiger charge is 2.22. The van der Waals surface area contributed by atoms with Crippen molar-refractivity contribution in [1.82, 2.24) is 14.8 Å². The van der Waals surface area contributed by atoms with Crippen molar-refractivity contribution in [2.75, 3.05) is 32.8 Å². The van der Waals surface area contributed by atoms with E-state index in [2.05, 4.69) is 30.9 Å². The maximum absolute atomic E-state index is 5.49. The summed E-state index contributed by atoms with van der Waals surface area (Å²) < 4.78 is 19.2. The lowest BCUT2D eigenvalue weighted by molar-refractivity contribution is 0.0674. The predicted molar refractivity (Wildman–Crippen MR) is 111 cm³/mol. The van der Waals surface area contributed by atoms with E-state index in [-0.39, 0.29) is 0 Å². The molecule has 0 aliphatic carbocycles. The van der Waals surface area contributed by atoms with Crippen LogP contribution in [0.15, 0.2) is 35.1 Å². The van der Waals surface area contributed by atoms with Crippen molar-refractivity contribution in [3.63, 3.8) is 0 Å². The van der Waals surface area contributed by atoms with Crippen LogP contribution in [-0.2, 0) is 11.3 Å². The van der Waals surface area contributed by atoms with Gasteiger partial charge < -0.3 is 19.5 Å². The Bertz CT molecular complexity index is 969. The normalized spacial score (nSPS) is 15.0. The van der Waals surface area contributed by atoms with Gasteiger partial charge in [0.25, 0.3) is 0 Å². The summed E-state index contributed by atoms with van der Waals surface area (Å²) in [4.78, 5) is 4.55. The maximum Gasteiger partial charge on any atom is 0.139 e. The van der Waals surface area contributed by atoms with Crippen molar-refractivity contribution in [3.05, 3.63) is 40.6 Å². The van der Waals surface area contributed by atoms with Gasteiger partial charge in [-0.05, 0) is 47.0 Å². The highest BCUT2D eigenvalue weighted by molar-refractivity contribution is 9.10. The molecule has 0 bridgehead atoms. The Balaban J connectivity index is 1.62. The molecule has 1 fully saturated rings. The molecule has 1 aromatic carbocycles. The molecule has 148 valence electrons. The highest BCUT2D eigenvalue weighted by Crippen LogP contribution is 2.34. The first kappa shape index (κ1) is 19.0. The van der Waals surface area contributed by atoms with Gasteiger partial charge in [-0.3, -0.25) is 4.68 Å². The van der Waals surface area contributed by atoms with Gasteiger partial charge in [0.2, 0.25) is 0 Å². The molecule has 7 nitrogen and oxygen atoms in total. The molecular weight excluding hydrogens is 424 g/mol. The summed E-state index contributed by atoms with van der Waals surface area (Å²) in [5.74, 6) is 2.33. The van der Waals surface area contributed by atoms with E-state index in [1.54, 1.807) is 14.2 Å². The molecule has 0 atom stereocenters. The summed E-state index contributed by atoms with van der Waals surface area (Å²) in [7, 11) is 3.30. The molecule has 8 heteroatoms. The lowest BCUT2D eigenvalue weighted by atomic mass is 10.1. The molecule has 0 unspecified atom stereocenters. The van der Waals surface area contributed by atoms with Crippen molar-refractivity contribution in [3.8, 4) is 11.5 Å². The summed E-state index contributed by atoms with van der Waals surface area (Å²) in [6, 6.07) is 8.16. The van der Waals surface area contributed by atoms with Gasteiger partial charge in [-0.2, -0.15) is 5.10 Å². The van der Waals surface area contributed by atoms with Crippen molar-refractivity contribution in [2.45, 2.75) is 25.4 Å². The molecule has 1 saturated heterocycles. The van der Waals surface area contributed by atoms with E-state index in [4.69, 9.17) is 19.3 Å². The van der Waals surface area contributed by atoms with E-state index in [9.17, 15) is 0 Å². The first-order valence-corrected chi connectivity index (χ1v) is 10.1. The third-order valence-electron chi connectivity index (χ3n) is 5.05. The first-order valence-electron chi connectivity index (χ1n) is 9.26. The molecule has 0 radical (unpaired) electrons. The topological polar surface area (TPSA) is 70.4 Å². The van der Waals surface area contributed by atoms with Crippen LogP contribution in [0.1, 0.15) is 24.4 Å². The molecule has 0 saturated carbocycles. The Kier molecular flexibility index (Phi) is 5.68. The quantitative estimate of drug-likeness (QED) is 0.612. The summed E-state index contributed by atoms with van der Waals surface area (Å²) in [6.07, 6.45) is 3.76. The Morgan fingerprint density at radius 1 is 1.21 bits per heavy atom. The Morgan fingerprint density at radius 2 is 2.04 bits per heavy atom. The second-order valence-electron chi connectivity index (χ2n) is 6.66.